The van der Waals surface area contributed by atoms with E-state index in [2.05, 4.69) is 19.4 Å². The molecule has 1 aromatic heterocycles. The third kappa shape index (κ3) is 4.07. The van der Waals surface area contributed by atoms with E-state index in [1.165, 1.54) is 11.0 Å². The van der Waals surface area contributed by atoms with Crippen LogP contribution < -0.4 is 10.2 Å². The zero-order valence-corrected chi connectivity index (χ0v) is 12.5. The van der Waals surface area contributed by atoms with Gasteiger partial charge in [0.1, 0.15) is 31.2 Å². The molecule has 0 fully saturated rings. The fraction of sp³-hybridized carbons (Fsp3) is 0.333. The Morgan fingerprint density at radius 1 is 1.25 bits per heavy atom. The van der Waals surface area contributed by atoms with Crippen molar-refractivity contribution >= 4 is 11.6 Å². The van der Waals surface area contributed by atoms with Gasteiger partial charge >= 0.3 is 0 Å². The lowest BCUT2D eigenvalue weighted by Crippen LogP contribution is -3.09. The van der Waals surface area contributed by atoms with Crippen LogP contribution in [0.5, 0.6) is 0 Å². The highest BCUT2D eigenvalue weighted by Crippen LogP contribution is 2.26. The van der Waals surface area contributed by atoms with E-state index in [1.807, 2.05) is 12.1 Å². The highest BCUT2D eigenvalue weighted by atomic mass is 35.5. The number of hydrogen-bond donors (Lipinski definition) is 2. The molecule has 0 atom stereocenters. The number of furan rings is 1. The molecule has 0 aliphatic heterocycles. The second-order valence-electron chi connectivity index (χ2n) is 5.13. The molecule has 0 unspecified atom stereocenters. The third-order valence-electron chi connectivity index (χ3n) is 3.06. The lowest BCUT2D eigenvalue weighted by Gasteiger charge is -2.05. The standard InChI is InChI=1S/C15H18ClFN2O/c1-19(2)8-7-18-10-12-4-6-15(20-12)11-3-5-14(17)13(16)9-11/h3-6,9,18H,7-8,10H2,1-2H3/p+2. The molecule has 1 heterocycles. The molecular formula is C15H20ClFN2O+2. The van der Waals surface area contributed by atoms with Crippen molar-refractivity contribution in [2.24, 2.45) is 0 Å². The maximum absolute atomic E-state index is 13.1. The average Bonchev–Trinajstić information content (AvgIpc) is 2.86. The zero-order valence-electron chi connectivity index (χ0n) is 11.7. The van der Waals surface area contributed by atoms with Crippen LogP contribution in [0.4, 0.5) is 4.39 Å². The molecule has 0 amide bonds. The summed E-state index contributed by atoms with van der Waals surface area (Å²) in [5.74, 6) is 1.21. The molecule has 0 spiro atoms. The van der Waals surface area contributed by atoms with Crippen molar-refractivity contribution in [1.29, 1.82) is 0 Å². The van der Waals surface area contributed by atoms with Gasteiger partial charge < -0.3 is 14.6 Å². The van der Waals surface area contributed by atoms with Crippen molar-refractivity contribution in [3.05, 3.63) is 46.9 Å². The van der Waals surface area contributed by atoms with E-state index in [0.717, 1.165) is 31.0 Å². The highest BCUT2D eigenvalue weighted by molar-refractivity contribution is 6.31. The summed E-state index contributed by atoms with van der Waals surface area (Å²) in [6.07, 6.45) is 0. The van der Waals surface area contributed by atoms with Gasteiger partial charge in [-0.15, -0.1) is 0 Å². The molecule has 3 N–H and O–H groups in total. The molecule has 108 valence electrons. The molecule has 0 aliphatic carbocycles. The van der Waals surface area contributed by atoms with Crippen molar-refractivity contribution in [3.8, 4) is 11.3 Å². The largest absolute Gasteiger partial charge is 0.455 e. The first-order valence-electron chi connectivity index (χ1n) is 6.71. The molecule has 20 heavy (non-hydrogen) atoms. The average molecular weight is 299 g/mol. The first kappa shape index (κ1) is 15.0. The first-order valence-corrected chi connectivity index (χ1v) is 7.09. The molecule has 0 radical (unpaired) electrons. The Balaban J connectivity index is 1.96. The Bertz CT molecular complexity index is 569. The zero-order chi connectivity index (χ0) is 14.5. The van der Waals surface area contributed by atoms with Gasteiger partial charge in [0.2, 0.25) is 0 Å². The summed E-state index contributed by atoms with van der Waals surface area (Å²) in [5, 5.41) is 2.33. The number of likely N-dealkylation sites (N-methyl/N-ethyl adjacent to an activating group) is 1. The molecule has 2 rings (SSSR count). The minimum Gasteiger partial charge on any atom is -0.455 e. The fourth-order valence-corrected chi connectivity index (χ4v) is 2.11. The number of benzene rings is 1. The van der Waals surface area contributed by atoms with Gasteiger partial charge in [-0.25, -0.2) is 4.39 Å². The quantitative estimate of drug-likeness (QED) is 0.765. The highest BCUT2D eigenvalue weighted by Gasteiger charge is 2.08. The number of hydrogen-bond acceptors (Lipinski definition) is 1. The summed E-state index contributed by atoms with van der Waals surface area (Å²) in [5.41, 5.74) is 0.792. The smallest absolute Gasteiger partial charge is 0.158 e. The normalized spacial score (nSPS) is 11.2. The number of nitrogens with two attached hydrogens (primary N) is 1. The Kier molecular flexibility index (Phi) is 5.17. The molecule has 0 bridgehead atoms. The van der Waals surface area contributed by atoms with Gasteiger partial charge in [0.25, 0.3) is 0 Å². The van der Waals surface area contributed by atoms with Crippen LogP contribution >= 0.6 is 11.6 Å². The van der Waals surface area contributed by atoms with Crippen LogP contribution in [0.1, 0.15) is 5.76 Å². The molecule has 0 saturated carbocycles. The number of nitrogens with one attached hydrogen (secondary N) is 1. The lowest BCUT2D eigenvalue weighted by atomic mass is 10.2. The van der Waals surface area contributed by atoms with Crippen molar-refractivity contribution in [2.45, 2.75) is 6.54 Å². The topological polar surface area (TPSA) is 34.2 Å². The van der Waals surface area contributed by atoms with E-state index < -0.39 is 5.82 Å². The lowest BCUT2D eigenvalue weighted by molar-refractivity contribution is -0.875. The minimum atomic E-state index is -0.415. The summed E-state index contributed by atoms with van der Waals surface area (Å²) in [7, 11) is 4.27. The van der Waals surface area contributed by atoms with Crippen LogP contribution in [0, 0.1) is 5.82 Å². The van der Waals surface area contributed by atoms with Crippen LogP contribution in [-0.4, -0.2) is 27.2 Å². The van der Waals surface area contributed by atoms with Crippen molar-refractivity contribution in [3.63, 3.8) is 0 Å². The SMILES string of the molecule is C[NH+](C)CC[NH2+]Cc1ccc(-c2ccc(F)c(Cl)c2)o1. The predicted molar refractivity (Wildman–Crippen MR) is 77.3 cm³/mol. The molecule has 0 aliphatic rings. The van der Waals surface area contributed by atoms with Crippen LogP contribution in [-0.2, 0) is 6.54 Å². The van der Waals surface area contributed by atoms with Crippen LogP contribution in [0.15, 0.2) is 34.7 Å². The van der Waals surface area contributed by atoms with Crippen molar-refractivity contribution < 1.29 is 19.0 Å². The van der Waals surface area contributed by atoms with Gasteiger partial charge in [-0.1, -0.05) is 11.6 Å². The maximum atomic E-state index is 13.1. The molecule has 3 nitrogen and oxygen atoms in total. The predicted octanol–water partition coefficient (Wildman–Crippen LogP) is 0.947. The second-order valence-corrected chi connectivity index (χ2v) is 5.54. The number of quaternary nitrogens is 2. The van der Waals surface area contributed by atoms with Gasteiger partial charge in [0, 0.05) is 5.56 Å². The molecular weight excluding hydrogens is 279 g/mol. The van der Waals surface area contributed by atoms with E-state index in [0.29, 0.717) is 5.76 Å². The van der Waals surface area contributed by atoms with E-state index in [4.69, 9.17) is 16.0 Å². The molecule has 2 aromatic rings. The summed E-state index contributed by atoms with van der Waals surface area (Å²) in [6.45, 7) is 2.98. The van der Waals surface area contributed by atoms with Crippen molar-refractivity contribution in [2.75, 3.05) is 27.2 Å². The summed E-state index contributed by atoms with van der Waals surface area (Å²) in [6, 6.07) is 8.45. The third-order valence-corrected chi connectivity index (χ3v) is 3.35. The van der Waals surface area contributed by atoms with Crippen LogP contribution in [0.3, 0.4) is 0 Å². The molecule has 5 heteroatoms. The molecule has 1 aromatic carbocycles. The maximum Gasteiger partial charge on any atom is 0.158 e. The van der Waals surface area contributed by atoms with E-state index >= 15 is 0 Å². The molecule has 0 saturated heterocycles. The van der Waals surface area contributed by atoms with E-state index in [-0.39, 0.29) is 5.02 Å². The van der Waals surface area contributed by atoms with Crippen LogP contribution in [0.2, 0.25) is 5.02 Å². The minimum absolute atomic E-state index is 0.112. The first-order chi connectivity index (χ1) is 9.56. The van der Waals surface area contributed by atoms with Crippen molar-refractivity contribution in [1.82, 2.24) is 0 Å². The number of rotatable bonds is 6. The van der Waals surface area contributed by atoms with Crippen LogP contribution in [0.25, 0.3) is 11.3 Å². The Morgan fingerprint density at radius 3 is 2.75 bits per heavy atom. The second kappa shape index (κ2) is 6.88. The van der Waals surface area contributed by atoms with E-state index in [1.54, 1.807) is 12.1 Å². The monoisotopic (exact) mass is 298 g/mol. The Labute approximate surface area is 123 Å². The van der Waals surface area contributed by atoms with Gasteiger partial charge in [-0.3, -0.25) is 0 Å². The summed E-state index contributed by atoms with van der Waals surface area (Å²) < 4.78 is 18.9. The van der Waals surface area contributed by atoms with Gasteiger partial charge in [0.15, 0.2) is 5.76 Å². The fourth-order valence-electron chi connectivity index (χ4n) is 1.93. The van der Waals surface area contributed by atoms with E-state index in [9.17, 15) is 4.39 Å². The van der Waals surface area contributed by atoms with Gasteiger partial charge in [0.05, 0.1) is 19.1 Å². The summed E-state index contributed by atoms with van der Waals surface area (Å²) in [4.78, 5) is 1.43. The van der Waals surface area contributed by atoms with Gasteiger partial charge in [-0.05, 0) is 30.3 Å². The van der Waals surface area contributed by atoms with Gasteiger partial charge in [-0.2, -0.15) is 0 Å². The number of halogens is 2. The Hall–Kier alpha value is -1.36. The Morgan fingerprint density at radius 2 is 2.05 bits per heavy atom. The summed E-state index contributed by atoms with van der Waals surface area (Å²) >= 11 is 5.78.